The van der Waals surface area contributed by atoms with Gasteiger partial charge in [-0.3, -0.25) is 0 Å². The van der Waals surface area contributed by atoms with E-state index in [-0.39, 0.29) is 26.4 Å². The highest BCUT2D eigenvalue weighted by atomic mass is 32.2. The molecule has 0 fully saturated rings. The van der Waals surface area contributed by atoms with Crippen LogP contribution in [-0.2, 0) is 38.1 Å². The van der Waals surface area contributed by atoms with Crippen LogP contribution in [0.5, 0.6) is 23.0 Å². The van der Waals surface area contributed by atoms with Gasteiger partial charge in [0.2, 0.25) is 0 Å². The van der Waals surface area contributed by atoms with Gasteiger partial charge in [-0.25, -0.2) is 19.2 Å². The summed E-state index contributed by atoms with van der Waals surface area (Å²) in [5.74, 6) is -0.905. The molecule has 8 aromatic rings. The van der Waals surface area contributed by atoms with Crippen molar-refractivity contribution in [1.29, 1.82) is 0 Å². The zero-order valence-corrected chi connectivity index (χ0v) is 47.6. The molecular formula is C64H56O12S4. The predicted molar refractivity (Wildman–Crippen MR) is 313 cm³/mol. The molecule has 0 radical (unpaired) electrons. The number of fused-ring (bicyclic) bond motifs is 8. The molecule has 12 nitrogen and oxygen atoms in total. The Kier molecular flexibility index (Phi) is 19.9. The quantitative estimate of drug-likeness (QED) is 0.0527. The van der Waals surface area contributed by atoms with Gasteiger partial charge in [-0.05, 0) is 121 Å². The van der Waals surface area contributed by atoms with Crippen molar-refractivity contribution >= 4 is 70.9 Å². The van der Waals surface area contributed by atoms with E-state index in [1.807, 2.05) is 170 Å². The first-order valence-corrected chi connectivity index (χ1v) is 29.2. The lowest BCUT2D eigenvalue weighted by Gasteiger charge is -2.23. The van der Waals surface area contributed by atoms with Gasteiger partial charge >= 0.3 is 23.9 Å². The van der Waals surface area contributed by atoms with Crippen molar-refractivity contribution in [3.63, 3.8) is 0 Å². The molecule has 8 aromatic carbocycles. The Morgan fingerprint density at radius 1 is 0.275 bits per heavy atom. The van der Waals surface area contributed by atoms with Crippen LogP contribution in [0.25, 0.3) is 44.5 Å². The van der Waals surface area contributed by atoms with Crippen LogP contribution < -0.4 is 18.9 Å². The number of ether oxygens (including phenoxy) is 8. The van der Waals surface area contributed by atoms with E-state index in [1.165, 1.54) is 47.0 Å². The second-order valence-corrected chi connectivity index (χ2v) is 21.8. The molecule has 9 rings (SSSR count). The zero-order chi connectivity index (χ0) is 55.8. The van der Waals surface area contributed by atoms with Crippen molar-refractivity contribution < 1.29 is 57.1 Å². The third-order valence-electron chi connectivity index (χ3n) is 11.9. The minimum Gasteiger partial charge on any atom is -0.480 e. The smallest absolute Gasteiger partial charge is 0.344 e. The van der Waals surface area contributed by atoms with E-state index in [0.717, 1.165) is 44.5 Å². The number of esters is 4. The molecule has 408 valence electrons. The van der Waals surface area contributed by atoms with Gasteiger partial charge in [0.15, 0.2) is 26.4 Å². The Bertz CT molecular complexity index is 2920. The molecule has 0 saturated heterocycles. The van der Waals surface area contributed by atoms with Gasteiger partial charge in [0.25, 0.3) is 0 Å². The predicted octanol–water partition coefficient (Wildman–Crippen LogP) is 15.0. The average Bonchev–Trinajstić information content (AvgIpc) is 3.51. The van der Waals surface area contributed by atoms with E-state index in [9.17, 15) is 19.2 Å². The van der Waals surface area contributed by atoms with Gasteiger partial charge in [0, 0.05) is 0 Å². The molecule has 0 atom stereocenters. The zero-order valence-electron chi connectivity index (χ0n) is 44.4. The molecule has 0 amide bonds. The Balaban J connectivity index is 1.41. The maximum atomic E-state index is 13.4. The fourth-order valence-electron chi connectivity index (χ4n) is 8.48. The van der Waals surface area contributed by atoms with Crippen molar-refractivity contribution in [2.75, 3.05) is 52.9 Å². The van der Waals surface area contributed by atoms with Crippen LogP contribution in [0, 0.1) is 0 Å². The van der Waals surface area contributed by atoms with Gasteiger partial charge in [-0.15, -0.1) is 0 Å². The van der Waals surface area contributed by atoms with Crippen LogP contribution in [0.15, 0.2) is 209 Å². The molecule has 0 N–H and O–H groups in total. The summed E-state index contributed by atoms with van der Waals surface area (Å²) in [6, 6.07) is 55.6. The van der Waals surface area contributed by atoms with Gasteiger partial charge in [0.05, 0.1) is 65.6 Å². The third kappa shape index (κ3) is 14.5. The van der Waals surface area contributed by atoms with Crippen LogP contribution >= 0.6 is 47.0 Å². The summed E-state index contributed by atoms with van der Waals surface area (Å²) in [4.78, 5) is 58.2. The second kappa shape index (κ2) is 27.9. The number of hydrogen-bond acceptors (Lipinski definition) is 16. The molecule has 0 aromatic heterocycles. The minimum absolute atomic E-state index is 0.143. The van der Waals surface area contributed by atoms with Crippen molar-refractivity contribution in [2.24, 2.45) is 0 Å². The average molecular weight is 1150 g/mol. The maximum absolute atomic E-state index is 13.4. The first-order chi connectivity index (χ1) is 39.1. The van der Waals surface area contributed by atoms with E-state index < -0.39 is 50.3 Å². The Hall–Kier alpha value is -7.76. The van der Waals surface area contributed by atoms with E-state index >= 15 is 0 Å². The molecular weight excluding hydrogens is 1090 g/mol. The highest BCUT2D eigenvalue weighted by Gasteiger charge is 2.28. The summed E-state index contributed by atoms with van der Waals surface area (Å²) >= 11 is 5.32. The monoisotopic (exact) mass is 1140 g/mol. The van der Waals surface area contributed by atoms with Crippen LogP contribution in [0.2, 0.25) is 0 Å². The standard InChI is InChI=1S/C64H56O12S4/c1-5-69-57(65)37-73-61-49-29-45(41-21-13-9-14-22-41)30-50(61)78-52-32-47(43-25-17-11-18-26-43)34-54(63(52)75-39-59(67)71-7-3)80-56-36-48(44-27-19-12-20-28-44)35-55(64(56)76-40-60(68)72-8-4)79-53-33-46(42-23-15-10-16-24-42)31-51(77-49)62(53)74-38-58(66)70-6-2/h9-36H,5-8,37-40H2,1-4H3. The summed E-state index contributed by atoms with van der Waals surface area (Å²) in [6.07, 6.45) is 0. The van der Waals surface area contributed by atoms with Crippen LogP contribution in [-0.4, -0.2) is 76.7 Å². The van der Waals surface area contributed by atoms with E-state index in [1.54, 1.807) is 27.7 Å². The highest BCUT2D eigenvalue weighted by molar-refractivity contribution is 8.01. The molecule has 0 unspecified atom stereocenters. The first-order valence-electron chi connectivity index (χ1n) is 25.9. The first kappa shape index (κ1) is 56.9. The van der Waals surface area contributed by atoms with Crippen molar-refractivity contribution in [3.8, 4) is 67.5 Å². The normalized spacial score (nSPS) is 11.7. The van der Waals surface area contributed by atoms with Gasteiger partial charge in [-0.1, -0.05) is 168 Å². The number of hydrogen-bond donors (Lipinski definition) is 0. The molecule has 0 saturated carbocycles. The number of rotatable bonds is 20. The Morgan fingerprint density at radius 3 is 0.613 bits per heavy atom. The number of benzene rings is 8. The maximum Gasteiger partial charge on any atom is 0.344 e. The van der Waals surface area contributed by atoms with Crippen LogP contribution in [0.4, 0.5) is 0 Å². The Labute approximate surface area is 482 Å². The summed E-state index contributed by atoms with van der Waals surface area (Å²) in [5, 5.41) is 0. The van der Waals surface area contributed by atoms with Crippen LogP contribution in [0.3, 0.4) is 0 Å². The van der Waals surface area contributed by atoms with E-state index in [0.29, 0.717) is 62.2 Å². The molecule has 1 aliphatic heterocycles. The van der Waals surface area contributed by atoms with Gasteiger partial charge in [-0.2, -0.15) is 0 Å². The second-order valence-electron chi connectivity index (χ2n) is 17.5. The summed E-state index contributed by atoms with van der Waals surface area (Å²) in [5.41, 5.74) is 6.85. The molecule has 8 bridgehead atoms. The third-order valence-corrected chi connectivity index (χ3v) is 16.1. The van der Waals surface area contributed by atoms with Crippen molar-refractivity contribution in [3.05, 3.63) is 170 Å². The fourth-order valence-corrected chi connectivity index (χ4v) is 13.3. The van der Waals surface area contributed by atoms with Crippen molar-refractivity contribution in [1.82, 2.24) is 0 Å². The number of carbonyl (C=O) groups is 4. The molecule has 0 spiro atoms. The highest BCUT2D eigenvalue weighted by Crippen LogP contribution is 2.56. The molecule has 0 aliphatic carbocycles. The van der Waals surface area contributed by atoms with Gasteiger partial charge in [0.1, 0.15) is 23.0 Å². The fraction of sp³-hybridized carbons (Fsp3) is 0.188. The summed E-state index contributed by atoms with van der Waals surface area (Å²) in [6.45, 7) is 5.79. The topological polar surface area (TPSA) is 142 Å². The lowest BCUT2D eigenvalue weighted by molar-refractivity contribution is -0.146. The van der Waals surface area contributed by atoms with Gasteiger partial charge < -0.3 is 37.9 Å². The molecule has 1 heterocycles. The molecule has 1 aliphatic rings. The largest absolute Gasteiger partial charge is 0.480 e. The van der Waals surface area contributed by atoms with Crippen molar-refractivity contribution in [2.45, 2.75) is 66.9 Å². The molecule has 16 heteroatoms. The molecule has 80 heavy (non-hydrogen) atoms. The Morgan fingerprint density at radius 2 is 0.450 bits per heavy atom. The summed E-state index contributed by atoms with van der Waals surface area (Å²) in [7, 11) is 0. The minimum atomic E-state index is -0.572. The SMILES string of the molecule is CCOC(=O)COc1c2cc(-c3ccccc3)cc1Sc1cc(-c3ccccc3)cc(c1OCC(=O)OCC)Sc1cc(-c3ccccc3)cc(c1OCC(=O)OCC)Sc1cc(-c3ccccc3)cc(c1OCC(=O)OCC)S2. The summed E-state index contributed by atoms with van der Waals surface area (Å²) < 4.78 is 48.5. The lowest BCUT2D eigenvalue weighted by Crippen LogP contribution is -2.16. The number of carbonyl (C=O) groups excluding carboxylic acids is 4. The lowest BCUT2D eigenvalue weighted by atomic mass is 10.1. The van der Waals surface area contributed by atoms with E-state index in [2.05, 4.69) is 0 Å². The van der Waals surface area contributed by atoms with Crippen LogP contribution in [0.1, 0.15) is 27.7 Å². The van der Waals surface area contributed by atoms with E-state index in [4.69, 9.17) is 37.9 Å².